The maximum absolute atomic E-state index is 4.73. The van der Waals surface area contributed by atoms with E-state index < -0.39 is 0 Å². The van der Waals surface area contributed by atoms with Crippen LogP contribution in [-0.4, -0.2) is 6.71 Å². The van der Waals surface area contributed by atoms with Gasteiger partial charge in [0.2, 0.25) is 0 Å². The molecule has 0 bridgehead atoms. The summed E-state index contributed by atoms with van der Waals surface area (Å²) in [5, 5.41) is 0. The highest BCUT2D eigenvalue weighted by Crippen LogP contribution is 2.46. The lowest BCUT2D eigenvalue weighted by Gasteiger charge is -2.40. The Morgan fingerprint density at radius 3 is 1.38 bits per heavy atom. The number of hydrogen-bond donors (Lipinski definition) is 0. The first kappa shape index (κ1) is 15.7. The molecule has 21 heavy (non-hydrogen) atoms. The zero-order valence-electron chi connectivity index (χ0n) is 14.1. The molecule has 0 aromatic heterocycles. The van der Waals surface area contributed by atoms with E-state index in [2.05, 4.69) is 0 Å². The van der Waals surface area contributed by atoms with Gasteiger partial charge in [0.15, 0.2) is 6.71 Å². The van der Waals surface area contributed by atoms with Gasteiger partial charge in [-0.25, -0.2) is 0 Å². The summed E-state index contributed by atoms with van der Waals surface area (Å²) in [5.74, 6) is 2.88. The van der Waals surface area contributed by atoms with Gasteiger partial charge in [-0.2, -0.15) is 0 Å². The van der Waals surface area contributed by atoms with E-state index >= 15 is 0 Å². The molecule has 0 heterocycles. The van der Waals surface area contributed by atoms with Crippen molar-refractivity contribution in [2.24, 2.45) is 5.92 Å². The van der Waals surface area contributed by atoms with Crippen LogP contribution >= 0.6 is 0 Å². The van der Waals surface area contributed by atoms with Crippen LogP contribution in [0.1, 0.15) is 96.3 Å². The first-order chi connectivity index (χ1) is 10.4. The minimum Gasteiger partial charge on any atom is -0.108 e. The lowest BCUT2D eigenvalue weighted by Crippen LogP contribution is -2.35. The zero-order chi connectivity index (χ0) is 14.5. The number of hydrogen-bond acceptors (Lipinski definition) is 0. The topological polar surface area (TPSA) is 0 Å². The Morgan fingerprint density at radius 2 is 0.952 bits per heavy atom. The summed E-state index contributed by atoms with van der Waals surface area (Å²) in [6.45, 7) is 5.63. The van der Waals surface area contributed by atoms with E-state index in [4.69, 9.17) is 6.58 Å². The van der Waals surface area contributed by atoms with E-state index in [1.807, 2.05) is 0 Å². The van der Waals surface area contributed by atoms with Gasteiger partial charge in [0, 0.05) is 0 Å². The van der Waals surface area contributed by atoms with Gasteiger partial charge in [0.25, 0.3) is 0 Å². The molecular weight excluding hydrogens is 251 g/mol. The van der Waals surface area contributed by atoms with E-state index in [1.54, 1.807) is 5.47 Å². The first-order valence-corrected chi connectivity index (χ1v) is 10.0. The van der Waals surface area contributed by atoms with E-state index in [0.717, 1.165) is 24.3 Å². The van der Waals surface area contributed by atoms with Crippen molar-refractivity contribution in [3.8, 4) is 0 Å². The lowest BCUT2D eigenvalue weighted by molar-refractivity contribution is 0.405. The summed E-state index contributed by atoms with van der Waals surface area (Å²) in [4.78, 5) is 0. The van der Waals surface area contributed by atoms with Crippen LogP contribution in [0.25, 0.3) is 0 Å². The van der Waals surface area contributed by atoms with Gasteiger partial charge >= 0.3 is 0 Å². The second-order valence-corrected chi connectivity index (χ2v) is 8.23. The van der Waals surface area contributed by atoms with E-state index in [9.17, 15) is 0 Å². The van der Waals surface area contributed by atoms with Crippen LogP contribution in [-0.2, 0) is 0 Å². The Bertz CT molecular complexity index is 299. The summed E-state index contributed by atoms with van der Waals surface area (Å²) in [6.07, 6.45) is 22.3. The predicted molar refractivity (Wildman–Crippen MR) is 95.1 cm³/mol. The van der Waals surface area contributed by atoms with Crippen molar-refractivity contribution in [1.29, 1.82) is 0 Å². The van der Waals surface area contributed by atoms with Crippen LogP contribution in [0.15, 0.2) is 12.1 Å². The molecule has 1 heteroatoms. The second kappa shape index (κ2) is 7.88. The Kier molecular flexibility index (Phi) is 5.89. The Balaban J connectivity index is 1.71. The average Bonchev–Trinajstić information content (AvgIpc) is 2.58. The molecule has 3 rings (SSSR count). The molecule has 0 amide bonds. The molecule has 3 aliphatic carbocycles. The van der Waals surface area contributed by atoms with Gasteiger partial charge in [-0.05, 0) is 18.8 Å². The quantitative estimate of drug-likeness (QED) is 0.497. The fourth-order valence-corrected chi connectivity index (χ4v) is 5.72. The summed E-state index contributed by atoms with van der Waals surface area (Å²) in [5.41, 5.74) is 1.72. The molecular formula is C20H35B. The van der Waals surface area contributed by atoms with Crippen molar-refractivity contribution in [2.75, 3.05) is 0 Å². The van der Waals surface area contributed by atoms with E-state index in [1.165, 1.54) is 96.3 Å². The Morgan fingerprint density at radius 1 is 0.571 bits per heavy atom. The fraction of sp³-hybridized carbons (Fsp3) is 0.900. The second-order valence-electron chi connectivity index (χ2n) is 8.23. The molecule has 0 N–H and O–H groups in total. The third-order valence-corrected chi connectivity index (χ3v) is 6.87. The molecule has 3 saturated carbocycles. The van der Waals surface area contributed by atoms with Crippen molar-refractivity contribution >= 4 is 6.71 Å². The number of rotatable bonds is 4. The van der Waals surface area contributed by atoms with Crippen LogP contribution in [0.3, 0.4) is 0 Å². The van der Waals surface area contributed by atoms with Crippen LogP contribution in [0.5, 0.6) is 0 Å². The van der Waals surface area contributed by atoms with Gasteiger partial charge in [0.05, 0.1) is 0 Å². The molecule has 0 radical (unpaired) electrons. The maximum Gasteiger partial charge on any atom is 0.176 e. The molecule has 0 aromatic carbocycles. The summed E-state index contributed by atoms with van der Waals surface area (Å²) < 4.78 is 0. The van der Waals surface area contributed by atoms with Gasteiger partial charge in [-0.3, -0.25) is 0 Å². The molecule has 0 aromatic rings. The summed E-state index contributed by atoms with van der Waals surface area (Å²) in [7, 11) is 0. The Labute approximate surface area is 133 Å². The SMILES string of the molecule is C=C(B(C1CCCCC1)C1CCCCC1)C1CCCCC1. The molecule has 3 fully saturated rings. The average molecular weight is 286 g/mol. The highest BCUT2D eigenvalue weighted by molar-refractivity contribution is 6.69. The minimum absolute atomic E-state index is 0.882. The molecule has 0 aliphatic heterocycles. The maximum atomic E-state index is 4.73. The summed E-state index contributed by atoms with van der Waals surface area (Å²) >= 11 is 0. The standard InChI is InChI=1S/C20H35B/c1-17(18-11-5-2-6-12-18)21(19-13-7-3-8-14-19)20-15-9-4-10-16-20/h18-20H,1-16H2. The van der Waals surface area contributed by atoms with Gasteiger partial charge in [-0.1, -0.05) is 95.1 Å². The normalized spacial score (nSPS) is 26.7. The van der Waals surface area contributed by atoms with E-state index in [0.29, 0.717) is 0 Å². The minimum atomic E-state index is 0.882. The molecule has 0 unspecified atom stereocenters. The fourth-order valence-electron chi connectivity index (χ4n) is 5.72. The molecule has 0 spiro atoms. The molecule has 118 valence electrons. The monoisotopic (exact) mass is 286 g/mol. The van der Waals surface area contributed by atoms with Gasteiger partial charge in [-0.15, -0.1) is 12.1 Å². The van der Waals surface area contributed by atoms with Crippen LogP contribution in [0, 0.1) is 5.92 Å². The predicted octanol–water partition coefficient (Wildman–Crippen LogP) is 6.83. The van der Waals surface area contributed by atoms with Gasteiger partial charge < -0.3 is 0 Å². The van der Waals surface area contributed by atoms with Crippen molar-refractivity contribution in [1.82, 2.24) is 0 Å². The highest BCUT2D eigenvalue weighted by atomic mass is 14.3. The molecule has 3 aliphatic rings. The summed E-state index contributed by atoms with van der Waals surface area (Å²) in [6, 6.07) is 0. The molecule has 0 saturated heterocycles. The smallest absolute Gasteiger partial charge is 0.108 e. The zero-order valence-corrected chi connectivity index (χ0v) is 14.1. The third kappa shape index (κ3) is 3.96. The van der Waals surface area contributed by atoms with Crippen LogP contribution < -0.4 is 0 Å². The highest BCUT2D eigenvalue weighted by Gasteiger charge is 2.38. The van der Waals surface area contributed by atoms with Crippen molar-refractivity contribution in [2.45, 2.75) is 108 Å². The largest absolute Gasteiger partial charge is 0.176 e. The van der Waals surface area contributed by atoms with Crippen molar-refractivity contribution in [3.05, 3.63) is 12.1 Å². The molecule has 0 atom stereocenters. The van der Waals surface area contributed by atoms with Crippen LogP contribution in [0.4, 0.5) is 0 Å². The van der Waals surface area contributed by atoms with Crippen molar-refractivity contribution < 1.29 is 0 Å². The van der Waals surface area contributed by atoms with Gasteiger partial charge in [0.1, 0.15) is 0 Å². The Hall–Kier alpha value is -0.195. The van der Waals surface area contributed by atoms with Crippen molar-refractivity contribution in [3.63, 3.8) is 0 Å². The number of allylic oxidation sites excluding steroid dienone is 1. The lowest BCUT2D eigenvalue weighted by atomic mass is 9.26. The van der Waals surface area contributed by atoms with E-state index in [-0.39, 0.29) is 0 Å². The third-order valence-electron chi connectivity index (χ3n) is 6.87. The first-order valence-electron chi connectivity index (χ1n) is 10.0. The van der Waals surface area contributed by atoms with Crippen LogP contribution in [0.2, 0.25) is 11.6 Å². The molecule has 0 nitrogen and oxygen atoms in total.